The molecule has 1 rings (SSSR count). The average Bonchev–Trinajstić information content (AvgIpc) is 2.32. The highest BCUT2D eigenvalue weighted by molar-refractivity contribution is 5.69. The lowest BCUT2D eigenvalue weighted by Crippen LogP contribution is -2.39. The zero-order chi connectivity index (χ0) is 14.6. The number of benzene rings is 1. The van der Waals surface area contributed by atoms with Crippen molar-refractivity contribution < 1.29 is 20.1 Å². The molecule has 2 atom stereocenters. The number of carboxylic acid groups (broad SMARTS) is 1. The fourth-order valence-electron chi connectivity index (χ4n) is 2.12. The van der Waals surface area contributed by atoms with Crippen LogP contribution in [0.2, 0.25) is 0 Å². The summed E-state index contributed by atoms with van der Waals surface area (Å²) in [6, 6.07) is 4.23. The molecule has 0 radical (unpaired) electrons. The van der Waals surface area contributed by atoms with E-state index in [1.807, 2.05) is 25.7 Å². The molecule has 0 aliphatic carbocycles. The fraction of sp³-hybridized carbons (Fsp3) is 0.500. The smallest absolute Gasteiger partial charge is 0.317 e. The Labute approximate surface area is 113 Å². The number of phenols is 2. The number of aromatic hydroxyl groups is 2. The minimum atomic E-state index is -0.892. The van der Waals surface area contributed by atoms with Gasteiger partial charge in [-0.25, -0.2) is 0 Å². The molecule has 0 heterocycles. The lowest BCUT2D eigenvalue weighted by Gasteiger charge is -2.33. The minimum Gasteiger partial charge on any atom is -0.508 e. The van der Waals surface area contributed by atoms with Crippen molar-refractivity contribution in [3.63, 3.8) is 0 Å². The summed E-state index contributed by atoms with van der Waals surface area (Å²) in [7, 11) is 0. The SMILES string of the molecule is CCC(C)N(CC(=O)O)C(C)c1cc(O)cc(O)c1. The van der Waals surface area contributed by atoms with Crippen LogP contribution in [-0.2, 0) is 4.79 Å². The molecule has 0 spiro atoms. The molecule has 106 valence electrons. The molecule has 0 aliphatic rings. The standard InChI is InChI=1S/C14H21NO4/c1-4-9(2)15(8-14(18)19)10(3)11-5-12(16)7-13(17)6-11/h5-7,9-10,16-17H,4,8H2,1-3H3,(H,18,19). The molecule has 2 unspecified atom stereocenters. The Hall–Kier alpha value is -1.75. The summed E-state index contributed by atoms with van der Waals surface area (Å²) in [5.74, 6) is -0.945. The van der Waals surface area contributed by atoms with E-state index in [1.165, 1.54) is 6.07 Å². The van der Waals surface area contributed by atoms with E-state index < -0.39 is 5.97 Å². The van der Waals surface area contributed by atoms with Crippen molar-refractivity contribution in [2.45, 2.75) is 39.3 Å². The summed E-state index contributed by atoms with van der Waals surface area (Å²) in [6.07, 6.45) is 0.822. The Morgan fingerprint density at radius 3 is 2.16 bits per heavy atom. The molecule has 0 saturated heterocycles. The maximum atomic E-state index is 11.0. The summed E-state index contributed by atoms with van der Waals surface area (Å²) in [5, 5.41) is 28.0. The number of hydrogen-bond donors (Lipinski definition) is 3. The Morgan fingerprint density at radius 1 is 1.21 bits per heavy atom. The molecule has 5 heteroatoms. The van der Waals surface area contributed by atoms with Crippen molar-refractivity contribution in [2.24, 2.45) is 0 Å². The van der Waals surface area contributed by atoms with Crippen LogP contribution in [0, 0.1) is 0 Å². The molecule has 0 fully saturated rings. The first-order chi connectivity index (χ1) is 8.85. The second-order valence-corrected chi connectivity index (χ2v) is 4.78. The van der Waals surface area contributed by atoms with Gasteiger partial charge in [0.25, 0.3) is 0 Å². The van der Waals surface area contributed by atoms with Gasteiger partial charge in [-0.1, -0.05) is 6.92 Å². The van der Waals surface area contributed by atoms with E-state index in [9.17, 15) is 15.0 Å². The van der Waals surface area contributed by atoms with E-state index in [2.05, 4.69) is 0 Å². The molecule has 1 aromatic carbocycles. The first-order valence-corrected chi connectivity index (χ1v) is 6.35. The summed E-state index contributed by atoms with van der Waals surface area (Å²) in [5.41, 5.74) is 0.694. The van der Waals surface area contributed by atoms with Gasteiger partial charge in [0.1, 0.15) is 11.5 Å². The van der Waals surface area contributed by atoms with Crippen LogP contribution >= 0.6 is 0 Å². The third-order valence-corrected chi connectivity index (χ3v) is 3.38. The molecule has 1 aromatic rings. The number of carbonyl (C=O) groups is 1. The highest BCUT2D eigenvalue weighted by Crippen LogP contribution is 2.29. The number of nitrogens with zero attached hydrogens (tertiary/aromatic N) is 1. The Bertz CT molecular complexity index is 427. The Kier molecular flexibility index (Phi) is 5.18. The van der Waals surface area contributed by atoms with Crippen LogP contribution in [0.15, 0.2) is 18.2 Å². The fourth-order valence-corrected chi connectivity index (χ4v) is 2.12. The second kappa shape index (κ2) is 6.43. The molecule has 0 bridgehead atoms. The van der Waals surface area contributed by atoms with Crippen molar-refractivity contribution in [2.75, 3.05) is 6.54 Å². The number of carboxylic acids is 1. The quantitative estimate of drug-likeness (QED) is 0.737. The minimum absolute atomic E-state index is 0.0266. The third-order valence-electron chi connectivity index (χ3n) is 3.38. The number of aliphatic carboxylic acids is 1. The molecule has 0 aliphatic heterocycles. The maximum Gasteiger partial charge on any atom is 0.317 e. The van der Waals surface area contributed by atoms with Crippen LogP contribution in [0.1, 0.15) is 38.8 Å². The van der Waals surface area contributed by atoms with Crippen molar-refractivity contribution in [3.8, 4) is 11.5 Å². The molecule has 3 N–H and O–H groups in total. The van der Waals surface area contributed by atoms with Crippen LogP contribution in [0.5, 0.6) is 11.5 Å². The highest BCUT2D eigenvalue weighted by atomic mass is 16.4. The van der Waals surface area contributed by atoms with Gasteiger partial charge in [-0.2, -0.15) is 0 Å². The third kappa shape index (κ3) is 4.13. The zero-order valence-electron chi connectivity index (χ0n) is 11.5. The van der Waals surface area contributed by atoms with Crippen LogP contribution in [-0.4, -0.2) is 38.8 Å². The van der Waals surface area contributed by atoms with E-state index in [4.69, 9.17) is 5.11 Å². The summed E-state index contributed by atoms with van der Waals surface area (Å²) < 4.78 is 0. The molecule has 0 aromatic heterocycles. The van der Waals surface area contributed by atoms with Crippen molar-refractivity contribution in [1.82, 2.24) is 4.90 Å². The van der Waals surface area contributed by atoms with E-state index in [1.54, 1.807) is 12.1 Å². The zero-order valence-corrected chi connectivity index (χ0v) is 11.5. The Balaban J connectivity index is 3.03. The lowest BCUT2D eigenvalue weighted by molar-refractivity contribution is -0.139. The van der Waals surface area contributed by atoms with Gasteiger partial charge in [0.15, 0.2) is 0 Å². The first-order valence-electron chi connectivity index (χ1n) is 6.35. The molecular formula is C14H21NO4. The maximum absolute atomic E-state index is 11.0. The summed E-state index contributed by atoms with van der Waals surface area (Å²) in [4.78, 5) is 12.8. The van der Waals surface area contributed by atoms with Crippen molar-refractivity contribution >= 4 is 5.97 Å². The van der Waals surface area contributed by atoms with Gasteiger partial charge in [-0.15, -0.1) is 0 Å². The van der Waals surface area contributed by atoms with Crippen molar-refractivity contribution in [1.29, 1.82) is 0 Å². The predicted octanol–water partition coefficient (Wildman–Crippen LogP) is 2.34. The van der Waals surface area contributed by atoms with Crippen molar-refractivity contribution in [3.05, 3.63) is 23.8 Å². The average molecular weight is 267 g/mol. The normalized spacial score (nSPS) is 14.3. The van der Waals surface area contributed by atoms with E-state index >= 15 is 0 Å². The highest BCUT2D eigenvalue weighted by Gasteiger charge is 2.23. The summed E-state index contributed by atoms with van der Waals surface area (Å²) in [6.45, 7) is 5.74. The molecular weight excluding hydrogens is 246 g/mol. The van der Waals surface area contributed by atoms with Gasteiger partial charge < -0.3 is 15.3 Å². The van der Waals surface area contributed by atoms with Crippen LogP contribution in [0.3, 0.4) is 0 Å². The molecule has 19 heavy (non-hydrogen) atoms. The van der Waals surface area contributed by atoms with Gasteiger partial charge in [0.2, 0.25) is 0 Å². The van der Waals surface area contributed by atoms with E-state index in [-0.39, 0.29) is 30.1 Å². The van der Waals surface area contributed by atoms with Gasteiger partial charge >= 0.3 is 5.97 Å². The number of rotatable bonds is 6. The second-order valence-electron chi connectivity index (χ2n) is 4.78. The molecule has 0 amide bonds. The van der Waals surface area contributed by atoms with Gasteiger partial charge in [-0.05, 0) is 38.0 Å². The van der Waals surface area contributed by atoms with Crippen LogP contribution in [0.25, 0.3) is 0 Å². The van der Waals surface area contributed by atoms with Gasteiger partial charge in [0, 0.05) is 18.2 Å². The van der Waals surface area contributed by atoms with E-state index in [0.717, 1.165) is 6.42 Å². The number of phenolic OH excluding ortho intramolecular Hbond substituents is 2. The van der Waals surface area contributed by atoms with Gasteiger partial charge in [0.05, 0.1) is 6.54 Å². The summed E-state index contributed by atoms with van der Waals surface area (Å²) >= 11 is 0. The molecule has 0 saturated carbocycles. The van der Waals surface area contributed by atoms with E-state index in [0.29, 0.717) is 5.56 Å². The van der Waals surface area contributed by atoms with Crippen LogP contribution in [0.4, 0.5) is 0 Å². The molecule has 5 nitrogen and oxygen atoms in total. The predicted molar refractivity (Wildman–Crippen MR) is 72.3 cm³/mol. The Morgan fingerprint density at radius 2 is 1.74 bits per heavy atom. The number of hydrogen-bond acceptors (Lipinski definition) is 4. The monoisotopic (exact) mass is 267 g/mol. The van der Waals surface area contributed by atoms with Crippen LogP contribution < -0.4 is 0 Å². The van der Waals surface area contributed by atoms with Gasteiger partial charge in [-0.3, -0.25) is 9.69 Å². The topological polar surface area (TPSA) is 81.0 Å². The lowest BCUT2D eigenvalue weighted by atomic mass is 10.0. The first kappa shape index (κ1) is 15.3. The largest absolute Gasteiger partial charge is 0.508 e.